The summed E-state index contributed by atoms with van der Waals surface area (Å²) in [6.45, 7) is 8.65. The van der Waals surface area contributed by atoms with Crippen LogP contribution in [0.1, 0.15) is 34.6 Å². The van der Waals surface area contributed by atoms with Crippen LogP contribution in [0, 0.1) is 5.92 Å². The molecule has 0 amide bonds. The number of nitrogens with two attached hydrogens (primary N) is 2. The van der Waals surface area contributed by atoms with Gasteiger partial charge < -0.3 is 26.4 Å². The molecule has 104 valence electrons. The summed E-state index contributed by atoms with van der Waals surface area (Å²) in [6.07, 6.45) is -1.15. The van der Waals surface area contributed by atoms with Crippen molar-refractivity contribution in [1.82, 2.24) is 0 Å². The van der Waals surface area contributed by atoms with Gasteiger partial charge in [-0.05, 0) is 34.6 Å². The normalized spacial score (nSPS) is 16.3. The highest BCUT2D eigenvalue weighted by atomic mass is 16.6. The Hall–Kier alpha value is -0.690. The zero-order valence-electron chi connectivity index (χ0n) is 11.3. The maximum absolute atomic E-state index is 11.1. The molecule has 6 N–H and O–H groups in total. The van der Waals surface area contributed by atoms with E-state index in [1.807, 2.05) is 0 Å². The molecular weight excluding hydrogens is 224 g/mol. The minimum Gasteiger partial charge on any atom is -0.460 e. The Kier molecular flexibility index (Phi) is 9.23. The second kappa shape index (κ2) is 8.41. The summed E-state index contributed by atoms with van der Waals surface area (Å²) < 4.78 is 4.98. The van der Waals surface area contributed by atoms with Gasteiger partial charge in [0, 0.05) is 6.04 Å². The number of hydrogen-bond donors (Lipinski definition) is 4. The van der Waals surface area contributed by atoms with E-state index in [0.717, 1.165) is 0 Å². The molecule has 0 spiro atoms. The molecule has 0 aromatic carbocycles. The fourth-order valence-electron chi connectivity index (χ4n) is 0.534. The fourth-order valence-corrected chi connectivity index (χ4v) is 0.534. The van der Waals surface area contributed by atoms with Crippen LogP contribution in [0.15, 0.2) is 0 Å². The van der Waals surface area contributed by atoms with Gasteiger partial charge in [-0.3, -0.25) is 4.79 Å². The van der Waals surface area contributed by atoms with E-state index in [0.29, 0.717) is 0 Å². The molecule has 0 fully saturated rings. The Labute approximate surface area is 103 Å². The average Bonchev–Trinajstić information content (AvgIpc) is 2.14. The highest BCUT2D eigenvalue weighted by Gasteiger charge is 2.24. The second-order valence-electron chi connectivity index (χ2n) is 4.97. The van der Waals surface area contributed by atoms with E-state index in [2.05, 4.69) is 0 Å². The van der Waals surface area contributed by atoms with Crippen LogP contribution < -0.4 is 11.5 Å². The van der Waals surface area contributed by atoms with E-state index < -0.39 is 23.7 Å². The van der Waals surface area contributed by atoms with Crippen molar-refractivity contribution in [3.63, 3.8) is 0 Å². The van der Waals surface area contributed by atoms with E-state index in [1.165, 1.54) is 6.92 Å². The molecule has 0 aliphatic carbocycles. The third kappa shape index (κ3) is 13.2. The number of esters is 1. The molecule has 6 heteroatoms. The Morgan fingerprint density at radius 2 is 1.65 bits per heavy atom. The van der Waals surface area contributed by atoms with Crippen LogP contribution in [0.4, 0.5) is 0 Å². The number of aliphatic hydroxyl groups is 2. The van der Waals surface area contributed by atoms with Crippen molar-refractivity contribution < 1.29 is 19.7 Å². The summed E-state index contributed by atoms with van der Waals surface area (Å²) in [5.74, 6) is -1.15. The Morgan fingerprint density at radius 3 is 1.82 bits per heavy atom. The lowest BCUT2D eigenvalue weighted by Gasteiger charge is -2.23. The number of ether oxygens (including phenoxy) is 1. The molecule has 17 heavy (non-hydrogen) atoms. The number of aliphatic hydroxyl groups excluding tert-OH is 2. The Balaban J connectivity index is 0. The van der Waals surface area contributed by atoms with Crippen LogP contribution in [0.5, 0.6) is 0 Å². The maximum atomic E-state index is 11.1. The zero-order valence-corrected chi connectivity index (χ0v) is 11.3. The smallest absolute Gasteiger partial charge is 0.313 e. The van der Waals surface area contributed by atoms with Crippen LogP contribution in [-0.2, 0) is 9.53 Å². The molecule has 3 atom stereocenters. The number of hydrogen-bond acceptors (Lipinski definition) is 6. The summed E-state index contributed by atoms with van der Waals surface area (Å²) in [4.78, 5) is 11.1. The third-order valence-corrected chi connectivity index (χ3v) is 1.58. The molecule has 6 nitrogen and oxygen atoms in total. The van der Waals surface area contributed by atoms with Gasteiger partial charge in [0.15, 0.2) is 0 Å². The lowest BCUT2D eigenvalue weighted by atomic mass is 10.1. The lowest BCUT2D eigenvalue weighted by Crippen LogP contribution is -2.37. The summed E-state index contributed by atoms with van der Waals surface area (Å²) in [7, 11) is 0. The average molecular weight is 250 g/mol. The van der Waals surface area contributed by atoms with Gasteiger partial charge in [-0.15, -0.1) is 0 Å². The molecule has 0 bridgehead atoms. The van der Waals surface area contributed by atoms with Gasteiger partial charge in [-0.2, -0.15) is 0 Å². The van der Waals surface area contributed by atoms with Crippen molar-refractivity contribution in [2.24, 2.45) is 17.4 Å². The first-order valence-electron chi connectivity index (χ1n) is 5.54. The van der Waals surface area contributed by atoms with Gasteiger partial charge in [0.05, 0.1) is 12.5 Å². The quantitative estimate of drug-likeness (QED) is 0.398. The molecule has 0 rings (SSSR count). The SMILES string of the molecule is CC(C(=O)OC(C)(C)C)[C@H](N)O.C[C@@H](N)CO. The predicted molar refractivity (Wildman–Crippen MR) is 65.9 cm³/mol. The van der Waals surface area contributed by atoms with Crippen molar-refractivity contribution >= 4 is 5.97 Å². The predicted octanol–water partition coefficient (Wildman–Crippen LogP) is -0.433. The number of carbonyl (C=O) groups excluding carboxylic acids is 1. The van der Waals surface area contributed by atoms with E-state index in [-0.39, 0.29) is 12.6 Å². The van der Waals surface area contributed by atoms with Gasteiger partial charge in [0.25, 0.3) is 0 Å². The molecule has 1 unspecified atom stereocenters. The van der Waals surface area contributed by atoms with Crippen LogP contribution in [0.3, 0.4) is 0 Å². The second-order valence-corrected chi connectivity index (χ2v) is 4.97. The van der Waals surface area contributed by atoms with Gasteiger partial charge in [-0.1, -0.05) is 0 Å². The molecular formula is C11H26N2O4. The van der Waals surface area contributed by atoms with Crippen molar-refractivity contribution in [3.8, 4) is 0 Å². The number of carbonyl (C=O) groups is 1. The topological polar surface area (TPSA) is 119 Å². The van der Waals surface area contributed by atoms with Crippen LogP contribution in [-0.4, -0.2) is 40.7 Å². The highest BCUT2D eigenvalue weighted by molar-refractivity contribution is 5.72. The summed E-state index contributed by atoms with van der Waals surface area (Å²) in [6, 6.07) is -0.0602. The van der Waals surface area contributed by atoms with Crippen LogP contribution >= 0.6 is 0 Å². The maximum Gasteiger partial charge on any atom is 0.313 e. The molecule has 0 radical (unpaired) electrons. The Bertz CT molecular complexity index is 212. The van der Waals surface area contributed by atoms with Gasteiger partial charge >= 0.3 is 5.97 Å². The molecule has 0 heterocycles. The monoisotopic (exact) mass is 250 g/mol. The highest BCUT2D eigenvalue weighted by Crippen LogP contribution is 2.11. The van der Waals surface area contributed by atoms with Crippen molar-refractivity contribution in [2.45, 2.75) is 52.5 Å². The molecule has 0 aromatic heterocycles. The Morgan fingerprint density at radius 1 is 1.29 bits per heavy atom. The summed E-state index contributed by atoms with van der Waals surface area (Å²) >= 11 is 0. The van der Waals surface area contributed by atoms with Gasteiger partial charge in [0.2, 0.25) is 0 Å². The first-order chi connectivity index (χ1) is 7.51. The van der Waals surface area contributed by atoms with Crippen molar-refractivity contribution in [1.29, 1.82) is 0 Å². The van der Waals surface area contributed by atoms with Crippen molar-refractivity contribution in [3.05, 3.63) is 0 Å². The third-order valence-electron chi connectivity index (χ3n) is 1.58. The molecule has 0 saturated heterocycles. The minimum absolute atomic E-state index is 0.0602. The van der Waals surface area contributed by atoms with E-state index in [4.69, 9.17) is 26.4 Å². The fraction of sp³-hybridized carbons (Fsp3) is 0.909. The molecule has 0 saturated carbocycles. The van der Waals surface area contributed by atoms with E-state index in [9.17, 15) is 4.79 Å². The van der Waals surface area contributed by atoms with E-state index in [1.54, 1.807) is 27.7 Å². The lowest BCUT2D eigenvalue weighted by molar-refractivity contribution is -0.162. The molecule has 0 aromatic rings. The minimum atomic E-state index is -1.15. The van der Waals surface area contributed by atoms with E-state index >= 15 is 0 Å². The van der Waals surface area contributed by atoms with Gasteiger partial charge in [-0.25, -0.2) is 0 Å². The number of rotatable bonds is 3. The summed E-state index contributed by atoms with van der Waals surface area (Å²) in [5, 5.41) is 16.9. The standard InChI is InChI=1S/C8H17NO3.C3H9NO/c1-5(6(9)10)7(11)12-8(2,3)4;1-3(4)2-5/h5-6,10H,9H2,1-4H3;3,5H,2,4H2,1H3/t5?,6-;3-/m11/s1. The van der Waals surface area contributed by atoms with Crippen molar-refractivity contribution in [2.75, 3.05) is 6.61 Å². The van der Waals surface area contributed by atoms with Crippen LogP contribution in [0.2, 0.25) is 0 Å². The zero-order chi connectivity index (χ0) is 14.2. The van der Waals surface area contributed by atoms with Crippen LogP contribution in [0.25, 0.3) is 0 Å². The molecule has 0 aliphatic heterocycles. The van der Waals surface area contributed by atoms with Gasteiger partial charge in [0.1, 0.15) is 11.8 Å². The first kappa shape index (κ1) is 18.7. The largest absolute Gasteiger partial charge is 0.460 e. The molecule has 0 aliphatic rings. The first-order valence-corrected chi connectivity index (χ1v) is 5.54. The summed E-state index contributed by atoms with van der Waals surface area (Å²) in [5.41, 5.74) is 9.62.